The highest BCUT2D eigenvalue weighted by molar-refractivity contribution is 5.99. The summed E-state index contributed by atoms with van der Waals surface area (Å²) in [7, 11) is 0. The van der Waals surface area contributed by atoms with Crippen molar-refractivity contribution in [2.24, 2.45) is 0 Å². The molecule has 0 spiro atoms. The van der Waals surface area contributed by atoms with Gasteiger partial charge in [0.2, 0.25) is 0 Å². The molecular formula is C21H25N3O6. The number of ether oxygens (including phenoxy) is 1. The van der Waals surface area contributed by atoms with Crippen molar-refractivity contribution >= 4 is 28.9 Å². The number of rotatable bonds is 9. The van der Waals surface area contributed by atoms with Crippen LogP contribution in [0.4, 0.5) is 17.1 Å². The van der Waals surface area contributed by atoms with Crippen LogP contribution < -0.4 is 10.6 Å². The lowest BCUT2D eigenvalue weighted by molar-refractivity contribution is -0.384. The second kappa shape index (κ2) is 10.4. The summed E-state index contributed by atoms with van der Waals surface area (Å²) in [5.41, 5.74) is 2.40. The summed E-state index contributed by atoms with van der Waals surface area (Å²) < 4.78 is 5.08. The van der Waals surface area contributed by atoms with Gasteiger partial charge in [-0.2, -0.15) is 0 Å². The zero-order valence-electron chi connectivity index (χ0n) is 17.1. The van der Waals surface area contributed by atoms with Gasteiger partial charge in [0.25, 0.3) is 11.6 Å². The van der Waals surface area contributed by atoms with Crippen LogP contribution in [0.5, 0.6) is 0 Å². The molecule has 2 rings (SSSR count). The molecule has 160 valence electrons. The molecule has 9 nitrogen and oxygen atoms in total. The van der Waals surface area contributed by atoms with Gasteiger partial charge in [-0.05, 0) is 30.0 Å². The Bertz CT molecular complexity index is 942. The minimum Gasteiger partial charge on any atom is -0.452 e. The molecule has 30 heavy (non-hydrogen) atoms. The first-order valence-corrected chi connectivity index (χ1v) is 9.44. The maximum Gasteiger partial charge on any atom is 0.341 e. The van der Waals surface area contributed by atoms with Crippen LogP contribution >= 0.6 is 0 Å². The number of aryl methyl sites for hydroxylation is 1. The standard InChI is InChI=1S/C21H25N3O6/c1-13(2)16-6-4-5-14(3)20(16)23-19(26)12-30-21(27)17-11-15(24(28)29)7-8-18(17)22-9-10-25/h4-8,11,13,22,25H,9-10,12H2,1-3H3,(H,23,26). The third-order valence-electron chi connectivity index (χ3n) is 4.39. The highest BCUT2D eigenvalue weighted by atomic mass is 16.6. The van der Waals surface area contributed by atoms with Crippen LogP contribution in [0.25, 0.3) is 0 Å². The first-order valence-electron chi connectivity index (χ1n) is 9.44. The molecule has 3 N–H and O–H groups in total. The van der Waals surface area contributed by atoms with Crippen molar-refractivity contribution in [3.05, 3.63) is 63.2 Å². The molecule has 0 unspecified atom stereocenters. The smallest absolute Gasteiger partial charge is 0.341 e. The highest BCUT2D eigenvalue weighted by Gasteiger charge is 2.20. The lowest BCUT2D eigenvalue weighted by Crippen LogP contribution is -2.23. The van der Waals surface area contributed by atoms with Crippen LogP contribution in [-0.2, 0) is 9.53 Å². The van der Waals surface area contributed by atoms with Crippen LogP contribution in [-0.4, -0.2) is 41.7 Å². The number of aliphatic hydroxyl groups is 1. The Balaban J connectivity index is 2.13. The van der Waals surface area contributed by atoms with E-state index in [9.17, 15) is 19.7 Å². The van der Waals surface area contributed by atoms with Gasteiger partial charge in [0.15, 0.2) is 6.61 Å². The number of aliphatic hydroxyl groups excluding tert-OH is 1. The fourth-order valence-electron chi connectivity index (χ4n) is 2.89. The number of nitrogens with one attached hydrogen (secondary N) is 2. The molecule has 0 aromatic heterocycles. The second-order valence-electron chi connectivity index (χ2n) is 6.96. The molecule has 9 heteroatoms. The van der Waals surface area contributed by atoms with Gasteiger partial charge in [0.1, 0.15) is 0 Å². The number of hydrogen-bond acceptors (Lipinski definition) is 7. The fourth-order valence-corrected chi connectivity index (χ4v) is 2.89. The Morgan fingerprint density at radius 2 is 1.97 bits per heavy atom. The molecule has 0 fully saturated rings. The molecule has 0 aliphatic heterocycles. The van der Waals surface area contributed by atoms with E-state index >= 15 is 0 Å². The van der Waals surface area contributed by atoms with Crippen LogP contribution in [0.1, 0.15) is 41.3 Å². The van der Waals surface area contributed by atoms with Crippen molar-refractivity contribution < 1.29 is 24.4 Å². The number of carbonyl (C=O) groups excluding carboxylic acids is 2. The van der Waals surface area contributed by atoms with E-state index < -0.39 is 23.4 Å². The number of anilines is 2. The van der Waals surface area contributed by atoms with Gasteiger partial charge >= 0.3 is 5.97 Å². The fraction of sp³-hybridized carbons (Fsp3) is 0.333. The zero-order valence-corrected chi connectivity index (χ0v) is 17.1. The summed E-state index contributed by atoms with van der Waals surface area (Å²) in [6, 6.07) is 9.35. The molecular weight excluding hydrogens is 390 g/mol. The van der Waals surface area contributed by atoms with Crippen LogP contribution in [0.15, 0.2) is 36.4 Å². The number of nitrogens with zero attached hydrogens (tertiary/aromatic N) is 1. The van der Waals surface area contributed by atoms with E-state index in [0.717, 1.165) is 17.2 Å². The van der Waals surface area contributed by atoms with Crippen molar-refractivity contribution in [2.45, 2.75) is 26.7 Å². The number of amides is 1. The van der Waals surface area contributed by atoms with Gasteiger partial charge < -0.3 is 20.5 Å². The number of para-hydroxylation sites is 1. The van der Waals surface area contributed by atoms with Gasteiger partial charge in [-0.1, -0.05) is 32.0 Å². The number of non-ortho nitro benzene ring substituents is 1. The number of esters is 1. The molecule has 0 aliphatic rings. The van der Waals surface area contributed by atoms with E-state index in [4.69, 9.17) is 9.84 Å². The van der Waals surface area contributed by atoms with Gasteiger partial charge in [0.05, 0.1) is 17.1 Å². The van der Waals surface area contributed by atoms with E-state index in [1.807, 2.05) is 39.0 Å². The largest absolute Gasteiger partial charge is 0.452 e. The summed E-state index contributed by atoms with van der Waals surface area (Å²) in [6.45, 7) is 5.29. The van der Waals surface area contributed by atoms with Gasteiger partial charge in [-0.25, -0.2) is 4.79 Å². The van der Waals surface area contributed by atoms with Crippen molar-refractivity contribution in [1.82, 2.24) is 0 Å². The molecule has 2 aromatic carbocycles. The van der Waals surface area contributed by atoms with E-state index in [0.29, 0.717) is 5.69 Å². The Hall–Kier alpha value is -3.46. The maximum absolute atomic E-state index is 12.5. The van der Waals surface area contributed by atoms with Crippen molar-refractivity contribution in [1.29, 1.82) is 0 Å². The summed E-state index contributed by atoms with van der Waals surface area (Å²) in [4.78, 5) is 35.2. The topological polar surface area (TPSA) is 131 Å². The number of nitro groups is 1. The van der Waals surface area contributed by atoms with E-state index in [-0.39, 0.29) is 36.0 Å². The van der Waals surface area contributed by atoms with E-state index in [1.54, 1.807) is 0 Å². The third kappa shape index (κ3) is 5.77. The van der Waals surface area contributed by atoms with E-state index in [1.165, 1.54) is 12.1 Å². The Morgan fingerprint density at radius 3 is 2.60 bits per heavy atom. The average Bonchev–Trinajstić information content (AvgIpc) is 2.71. The van der Waals surface area contributed by atoms with Crippen LogP contribution in [0, 0.1) is 17.0 Å². The lowest BCUT2D eigenvalue weighted by Gasteiger charge is -2.16. The quantitative estimate of drug-likeness (QED) is 0.325. The number of nitro benzene ring substituents is 1. The number of benzene rings is 2. The summed E-state index contributed by atoms with van der Waals surface area (Å²) in [6.07, 6.45) is 0. The molecule has 0 radical (unpaired) electrons. The molecule has 2 aromatic rings. The average molecular weight is 415 g/mol. The maximum atomic E-state index is 12.5. The zero-order chi connectivity index (χ0) is 22.3. The summed E-state index contributed by atoms with van der Waals surface area (Å²) in [5.74, 6) is -1.22. The van der Waals surface area contributed by atoms with Gasteiger partial charge in [-0.15, -0.1) is 0 Å². The van der Waals surface area contributed by atoms with Crippen LogP contribution in [0.3, 0.4) is 0 Å². The Labute approximate surface area is 174 Å². The lowest BCUT2D eigenvalue weighted by atomic mass is 9.98. The highest BCUT2D eigenvalue weighted by Crippen LogP contribution is 2.27. The molecule has 0 bridgehead atoms. The first kappa shape index (κ1) is 22.8. The van der Waals surface area contributed by atoms with Gasteiger partial charge in [0, 0.05) is 30.1 Å². The van der Waals surface area contributed by atoms with E-state index in [2.05, 4.69) is 10.6 Å². The van der Waals surface area contributed by atoms with Crippen LogP contribution in [0.2, 0.25) is 0 Å². The minimum atomic E-state index is -0.886. The summed E-state index contributed by atoms with van der Waals surface area (Å²) >= 11 is 0. The third-order valence-corrected chi connectivity index (χ3v) is 4.39. The second-order valence-corrected chi connectivity index (χ2v) is 6.96. The van der Waals surface area contributed by atoms with Crippen molar-refractivity contribution in [2.75, 3.05) is 30.4 Å². The van der Waals surface area contributed by atoms with Gasteiger partial charge in [-0.3, -0.25) is 14.9 Å². The normalized spacial score (nSPS) is 10.6. The summed E-state index contributed by atoms with van der Waals surface area (Å²) in [5, 5.41) is 25.5. The molecule has 0 saturated heterocycles. The minimum absolute atomic E-state index is 0.0933. The predicted molar refractivity (Wildman–Crippen MR) is 113 cm³/mol. The van der Waals surface area contributed by atoms with Crippen molar-refractivity contribution in [3.8, 4) is 0 Å². The molecule has 0 atom stereocenters. The predicted octanol–water partition coefficient (Wildman–Crippen LogP) is 3.23. The van der Waals surface area contributed by atoms with Crippen molar-refractivity contribution in [3.63, 3.8) is 0 Å². The monoisotopic (exact) mass is 415 g/mol. The molecule has 0 heterocycles. The number of hydrogen-bond donors (Lipinski definition) is 3. The molecule has 0 saturated carbocycles. The Kier molecular flexibility index (Phi) is 7.88. The first-order chi connectivity index (χ1) is 14.2. The number of carbonyl (C=O) groups is 2. The SMILES string of the molecule is Cc1cccc(C(C)C)c1NC(=O)COC(=O)c1cc([N+](=O)[O-])ccc1NCCO. The molecule has 1 amide bonds. The Morgan fingerprint density at radius 1 is 1.23 bits per heavy atom. The molecule has 0 aliphatic carbocycles.